The third-order valence-corrected chi connectivity index (χ3v) is 3.11. The Hall–Kier alpha value is -1.13. The Morgan fingerprint density at radius 1 is 1.56 bits per heavy atom. The van der Waals surface area contributed by atoms with Crippen molar-refractivity contribution in [2.24, 2.45) is 12.9 Å². The van der Waals surface area contributed by atoms with Gasteiger partial charge >= 0.3 is 0 Å². The molecular weight excluding hydrogens is 200 g/mol. The maximum atomic E-state index is 5.63. The lowest BCUT2D eigenvalue weighted by Crippen LogP contribution is -2.29. The molecule has 90 valence electrons. The van der Waals surface area contributed by atoms with E-state index in [0.717, 1.165) is 24.2 Å². The van der Waals surface area contributed by atoms with Crippen LogP contribution in [0.3, 0.4) is 0 Å². The highest BCUT2D eigenvalue weighted by Crippen LogP contribution is 2.26. The predicted molar refractivity (Wildman–Crippen MR) is 66.8 cm³/mol. The number of hydrazine groups is 1. The molecule has 0 aliphatic heterocycles. The molecule has 1 aromatic rings. The van der Waals surface area contributed by atoms with Gasteiger partial charge in [-0.25, -0.2) is 0 Å². The van der Waals surface area contributed by atoms with Crippen LogP contribution in [0.25, 0.3) is 0 Å². The molecule has 0 saturated heterocycles. The minimum atomic E-state index is 0.112. The van der Waals surface area contributed by atoms with Crippen molar-refractivity contribution in [3.8, 4) is 0 Å². The van der Waals surface area contributed by atoms with Crippen molar-refractivity contribution in [3.05, 3.63) is 29.1 Å². The summed E-state index contributed by atoms with van der Waals surface area (Å²) in [6, 6.07) is 0.112. The van der Waals surface area contributed by atoms with Gasteiger partial charge in [-0.2, -0.15) is 5.10 Å². The van der Waals surface area contributed by atoms with E-state index < -0.39 is 0 Å². The minimum Gasteiger partial charge on any atom is -0.272 e. The van der Waals surface area contributed by atoms with Crippen molar-refractivity contribution in [2.75, 3.05) is 0 Å². The van der Waals surface area contributed by atoms with Crippen LogP contribution in [0.1, 0.15) is 42.8 Å². The molecule has 4 heteroatoms. The summed E-state index contributed by atoms with van der Waals surface area (Å²) in [5.41, 5.74) is 7.45. The Morgan fingerprint density at radius 3 is 2.56 bits per heavy atom. The van der Waals surface area contributed by atoms with Gasteiger partial charge in [-0.05, 0) is 26.7 Å². The molecule has 1 atom stereocenters. The Kier molecular flexibility index (Phi) is 4.26. The fourth-order valence-electron chi connectivity index (χ4n) is 1.97. The third kappa shape index (κ3) is 2.51. The van der Waals surface area contributed by atoms with E-state index in [4.69, 9.17) is 5.84 Å². The molecule has 3 N–H and O–H groups in total. The Balaban J connectivity index is 2.99. The first kappa shape index (κ1) is 12.9. The third-order valence-electron chi connectivity index (χ3n) is 3.11. The van der Waals surface area contributed by atoms with Crippen molar-refractivity contribution in [1.29, 1.82) is 0 Å². The number of nitrogens with zero attached hydrogens (tertiary/aromatic N) is 2. The molecule has 0 spiro atoms. The first-order chi connectivity index (χ1) is 7.51. The van der Waals surface area contributed by atoms with Crippen LogP contribution in [-0.4, -0.2) is 9.78 Å². The number of aryl methyl sites for hydroxylation is 2. The van der Waals surface area contributed by atoms with E-state index >= 15 is 0 Å². The van der Waals surface area contributed by atoms with Gasteiger partial charge in [0.15, 0.2) is 0 Å². The predicted octanol–water partition coefficient (Wildman–Crippen LogP) is 1.90. The summed E-state index contributed by atoms with van der Waals surface area (Å²) in [5.74, 6) is 5.63. The summed E-state index contributed by atoms with van der Waals surface area (Å²) < 4.78 is 1.89. The zero-order valence-electron chi connectivity index (χ0n) is 10.7. The SMILES string of the molecule is C=C(CC)CC(NN)c1c(C)nn(C)c1C. The molecule has 0 bridgehead atoms. The first-order valence-corrected chi connectivity index (χ1v) is 5.64. The lowest BCUT2D eigenvalue weighted by molar-refractivity contribution is 0.539. The Morgan fingerprint density at radius 2 is 2.19 bits per heavy atom. The van der Waals surface area contributed by atoms with Crippen LogP contribution in [-0.2, 0) is 7.05 Å². The van der Waals surface area contributed by atoms with Gasteiger partial charge in [0.2, 0.25) is 0 Å². The highest BCUT2D eigenvalue weighted by atomic mass is 15.3. The molecule has 16 heavy (non-hydrogen) atoms. The largest absolute Gasteiger partial charge is 0.272 e. The van der Waals surface area contributed by atoms with Gasteiger partial charge in [0, 0.05) is 18.3 Å². The molecular formula is C12H22N4. The van der Waals surface area contributed by atoms with E-state index in [1.807, 2.05) is 18.7 Å². The monoisotopic (exact) mass is 222 g/mol. The van der Waals surface area contributed by atoms with Gasteiger partial charge < -0.3 is 0 Å². The average molecular weight is 222 g/mol. The fourth-order valence-corrected chi connectivity index (χ4v) is 1.97. The van der Waals surface area contributed by atoms with Crippen LogP contribution < -0.4 is 11.3 Å². The summed E-state index contributed by atoms with van der Waals surface area (Å²) in [6.07, 6.45) is 1.84. The normalized spacial score (nSPS) is 12.8. The van der Waals surface area contributed by atoms with E-state index in [9.17, 15) is 0 Å². The molecule has 1 unspecified atom stereocenters. The van der Waals surface area contributed by atoms with Gasteiger partial charge in [0.1, 0.15) is 0 Å². The van der Waals surface area contributed by atoms with Crippen molar-refractivity contribution in [3.63, 3.8) is 0 Å². The second kappa shape index (κ2) is 5.27. The van der Waals surface area contributed by atoms with Crippen LogP contribution in [0.4, 0.5) is 0 Å². The molecule has 0 aromatic carbocycles. The number of rotatable bonds is 5. The molecule has 0 saturated carbocycles. The average Bonchev–Trinajstić information content (AvgIpc) is 2.50. The Labute approximate surface area is 97.5 Å². The van der Waals surface area contributed by atoms with Crippen molar-refractivity contribution >= 4 is 0 Å². The molecule has 1 aromatic heterocycles. The molecule has 0 aliphatic rings. The summed E-state index contributed by atoms with van der Waals surface area (Å²) in [7, 11) is 1.95. The van der Waals surface area contributed by atoms with E-state index in [1.54, 1.807) is 0 Å². The standard InChI is InChI=1S/C12H22N4/c1-6-8(2)7-11(14-13)12-9(3)15-16(5)10(12)4/h11,14H,2,6-7,13H2,1,3-5H3. The topological polar surface area (TPSA) is 55.9 Å². The zero-order chi connectivity index (χ0) is 12.3. The molecule has 0 radical (unpaired) electrons. The van der Waals surface area contributed by atoms with Crippen LogP contribution in [0.5, 0.6) is 0 Å². The smallest absolute Gasteiger partial charge is 0.0644 e. The van der Waals surface area contributed by atoms with Crippen LogP contribution >= 0.6 is 0 Å². The Bertz CT molecular complexity index is 379. The quantitative estimate of drug-likeness (QED) is 0.454. The second-order valence-electron chi connectivity index (χ2n) is 4.24. The van der Waals surface area contributed by atoms with Gasteiger partial charge in [0.25, 0.3) is 0 Å². The van der Waals surface area contributed by atoms with Gasteiger partial charge in [0.05, 0.1) is 11.7 Å². The van der Waals surface area contributed by atoms with Crippen molar-refractivity contribution in [1.82, 2.24) is 15.2 Å². The van der Waals surface area contributed by atoms with Gasteiger partial charge in [-0.3, -0.25) is 16.0 Å². The molecule has 4 nitrogen and oxygen atoms in total. The number of nitrogens with one attached hydrogen (secondary N) is 1. The highest BCUT2D eigenvalue weighted by Gasteiger charge is 2.19. The van der Waals surface area contributed by atoms with Crippen molar-refractivity contribution in [2.45, 2.75) is 39.7 Å². The van der Waals surface area contributed by atoms with E-state index in [2.05, 4.69) is 31.0 Å². The molecule has 0 fully saturated rings. The molecule has 0 aliphatic carbocycles. The summed E-state index contributed by atoms with van der Waals surface area (Å²) in [6.45, 7) is 10.2. The van der Waals surface area contributed by atoms with Crippen molar-refractivity contribution < 1.29 is 0 Å². The summed E-state index contributed by atoms with van der Waals surface area (Å²) >= 11 is 0. The second-order valence-corrected chi connectivity index (χ2v) is 4.24. The number of hydrogen-bond donors (Lipinski definition) is 2. The first-order valence-electron chi connectivity index (χ1n) is 5.64. The van der Waals surface area contributed by atoms with E-state index in [-0.39, 0.29) is 6.04 Å². The van der Waals surface area contributed by atoms with Crippen LogP contribution in [0.15, 0.2) is 12.2 Å². The van der Waals surface area contributed by atoms with E-state index in [1.165, 1.54) is 11.1 Å². The number of aromatic nitrogens is 2. The maximum absolute atomic E-state index is 5.63. The van der Waals surface area contributed by atoms with Gasteiger partial charge in [-0.15, -0.1) is 0 Å². The molecule has 1 rings (SSSR count). The summed E-state index contributed by atoms with van der Waals surface area (Å²) in [5, 5.41) is 4.40. The lowest BCUT2D eigenvalue weighted by Gasteiger charge is -2.17. The molecule has 1 heterocycles. The number of hydrogen-bond acceptors (Lipinski definition) is 3. The van der Waals surface area contributed by atoms with Crippen LogP contribution in [0, 0.1) is 13.8 Å². The minimum absolute atomic E-state index is 0.112. The van der Waals surface area contributed by atoms with Crippen LogP contribution in [0.2, 0.25) is 0 Å². The molecule has 0 amide bonds. The number of nitrogens with two attached hydrogens (primary N) is 1. The fraction of sp³-hybridized carbons (Fsp3) is 0.583. The van der Waals surface area contributed by atoms with E-state index in [0.29, 0.717) is 0 Å². The van der Waals surface area contributed by atoms with Gasteiger partial charge in [-0.1, -0.05) is 19.1 Å². The zero-order valence-corrected chi connectivity index (χ0v) is 10.7. The highest BCUT2D eigenvalue weighted by molar-refractivity contribution is 5.29. The maximum Gasteiger partial charge on any atom is 0.0644 e. The summed E-state index contributed by atoms with van der Waals surface area (Å²) in [4.78, 5) is 0. The lowest BCUT2D eigenvalue weighted by atomic mass is 9.97.